The molecule has 10 nitrogen and oxygen atoms in total. The standard InChI is InChI=1S/C19H24F3N3O7S/c1-12-5-3-4-8-25(12)33(29,30)15-9-13(6-7-14(15)31-2)17(27)32-10-16(26)24-18(28)23-11-19(20,21)22/h6-7,9,12H,3-5,8,10-11H2,1-2H3,(H2,23,24,26,28). The van der Waals surface area contributed by atoms with Gasteiger partial charge in [0.05, 0.1) is 12.7 Å². The van der Waals surface area contributed by atoms with Gasteiger partial charge in [0, 0.05) is 12.6 Å². The van der Waals surface area contributed by atoms with Gasteiger partial charge in [0.2, 0.25) is 10.0 Å². The second kappa shape index (κ2) is 10.8. The fourth-order valence-electron chi connectivity index (χ4n) is 3.16. The second-order valence-corrected chi connectivity index (χ2v) is 9.11. The molecular formula is C19H24F3N3O7S. The normalized spacial score (nSPS) is 17.2. The third-order valence-corrected chi connectivity index (χ3v) is 6.80. The van der Waals surface area contributed by atoms with Gasteiger partial charge in [0.1, 0.15) is 17.2 Å². The van der Waals surface area contributed by atoms with Crippen molar-refractivity contribution in [3.8, 4) is 5.75 Å². The Hall–Kier alpha value is -2.87. The van der Waals surface area contributed by atoms with E-state index in [4.69, 9.17) is 9.47 Å². The number of hydrogen-bond donors (Lipinski definition) is 2. The van der Waals surface area contributed by atoms with Gasteiger partial charge in [-0.2, -0.15) is 17.5 Å². The molecule has 14 heteroatoms. The lowest BCUT2D eigenvalue weighted by Gasteiger charge is -2.32. The van der Waals surface area contributed by atoms with E-state index < -0.39 is 47.3 Å². The number of benzene rings is 1. The number of rotatable bonds is 7. The molecule has 1 saturated heterocycles. The summed E-state index contributed by atoms with van der Waals surface area (Å²) < 4.78 is 73.7. The Labute approximate surface area is 188 Å². The predicted molar refractivity (Wildman–Crippen MR) is 108 cm³/mol. The summed E-state index contributed by atoms with van der Waals surface area (Å²) >= 11 is 0. The van der Waals surface area contributed by atoms with Gasteiger partial charge in [-0.15, -0.1) is 0 Å². The Kier molecular flexibility index (Phi) is 8.66. The first-order valence-electron chi connectivity index (χ1n) is 9.86. The van der Waals surface area contributed by atoms with Crippen molar-refractivity contribution in [1.82, 2.24) is 14.9 Å². The van der Waals surface area contributed by atoms with Crippen LogP contribution < -0.4 is 15.4 Å². The Balaban J connectivity index is 2.08. The van der Waals surface area contributed by atoms with E-state index in [1.165, 1.54) is 28.9 Å². The van der Waals surface area contributed by atoms with Crippen molar-refractivity contribution in [1.29, 1.82) is 0 Å². The van der Waals surface area contributed by atoms with Crippen molar-refractivity contribution >= 4 is 27.9 Å². The first-order valence-corrected chi connectivity index (χ1v) is 11.3. The molecule has 0 bridgehead atoms. The quantitative estimate of drug-likeness (QED) is 0.552. The number of carbonyl (C=O) groups is 3. The number of amides is 3. The molecule has 1 aliphatic rings. The van der Waals surface area contributed by atoms with Crippen LogP contribution in [-0.2, 0) is 19.6 Å². The van der Waals surface area contributed by atoms with Crippen LogP contribution in [0.25, 0.3) is 0 Å². The lowest BCUT2D eigenvalue weighted by Crippen LogP contribution is -2.44. The molecule has 1 unspecified atom stereocenters. The monoisotopic (exact) mass is 495 g/mol. The van der Waals surface area contributed by atoms with Crippen molar-refractivity contribution in [2.45, 2.75) is 43.3 Å². The van der Waals surface area contributed by atoms with E-state index >= 15 is 0 Å². The lowest BCUT2D eigenvalue weighted by molar-refractivity contribution is -0.125. The molecule has 1 fully saturated rings. The zero-order chi connectivity index (χ0) is 24.8. The Morgan fingerprint density at radius 2 is 1.91 bits per heavy atom. The summed E-state index contributed by atoms with van der Waals surface area (Å²) in [5.74, 6) is -2.23. The molecule has 1 aliphatic heterocycles. The van der Waals surface area contributed by atoms with Crippen LogP contribution in [0.2, 0.25) is 0 Å². The van der Waals surface area contributed by atoms with Crippen molar-refractivity contribution < 1.29 is 45.4 Å². The summed E-state index contributed by atoms with van der Waals surface area (Å²) in [5.41, 5.74) is -0.201. The highest BCUT2D eigenvalue weighted by Crippen LogP contribution is 2.31. The molecule has 1 atom stereocenters. The smallest absolute Gasteiger partial charge is 0.405 e. The van der Waals surface area contributed by atoms with Gasteiger partial charge >= 0.3 is 18.2 Å². The minimum atomic E-state index is -4.66. The van der Waals surface area contributed by atoms with E-state index in [0.29, 0.717) is 19.4 Å². The fraction of sp³-hybridized carbons (Fsp3) is 0.526. The Morgan fingerprint density at radius 1 is 1.21 bits per heavy atom. The molecular weight excluding hydrogens is 471 g/mol. The van der Waals surface area contributed by atoms with Crippen molar-refractivity contribution in [3.05, 3.63) is 23.8 Å². The number of piperidine rings is 1. The maximum absolute atomic E-state index is 13.2. The number of imide groups is 1. The van der Waals surface area contributed by atoms with Gasteiger partial charge in [-0.05, 0) is 38.0 Å². The number of sulfonamides is 1. The molecule has 3 amide bonds. The van der Waals surface area contributed by atoms with Crippen LogP contribution in [0, 0.1) is 0 Å². The fourth-order valence-corrected chi connectivity index (χ4v) is 5.05. The number of ether oxygens (including phenoxy) is 2. The first-order chi connectivity index (χ1) is 15.3. The molecule has 1 aromatic carbocycles. The third-order valence-electron chi connectivity index (χ3n) is 4.76. The molecule has 1 aromatic rings. The van der Waals surface area contributed by atoms with E-state index in [9.17, 15) is 36.0 Å². The Bertz CT molecular complexity index is 999. The zero-order valence-electron chi connectivity index (χ0n) is 17.9. The average molecular weight is 495 g/mol. The van der Waals surface area contributed by atoms with E-state index in [-0.39, 0.29) is 22.3 Å². The van der Waals surface area contributed by atoms with E-state index in [1.54, 1.807) is 12.2 Å². The minimum absolute atomic E-state index is 0.0170. The number of nitrogens with zero attached hydrogens (tertiary/aromatic N) is 1. The number of alkyl halides is 3. The van der Waals surface area contributed by atoms with E-state index in [2.05, 4.69) is 0 Å². The van der Waals surface area contributed by atoms with Gasteiger partial charge in [-0.25, -0.2) is 18.0 Å². The van der Waals surface area contributed by atoms with E-state index in [0.717, 1.165) is 12.5 Å². The summed E-state index contributed by atoms with van der Waals surface area (Å²) in [4.78, 5) is 34.9. The van der Waals surface area contributed by atoms with E-state index in [1.807, 2.05) is 0 Å². The molecule has 0 aromatic heterocycles. The van der Waals surface area contributed by atoms with Gasteiger partial charge < -0.3 is 14.8 Å². The van der Waals surface area contributed by atoms with Gasteiger partial charge in [-0.1, -0.05) is 6.42 Å². The molecule has 33 heavy (non-hydrogen) atoms. The highest BCUT2D eigenvalue weighted by molar-refractivity contribution is 7.89. The maximum atomic E-state index is 13.2. The number of urea groups is 1. The lowest BCUT2D eigenvalue weighted by atomic mass is 10.1. The average Bonchev–Trinajstić information content (AvgIpc) is 2.75. The minimum Gasteiger partial charge on any atom is -0.495 e. The molecule has 0 saturated carbocycles. The predicted octanol–water partition coefficient (Wildman–Crippen LogP) is 1.80. The number of nitrogens with one attached hydrogen (secondary N) is 2. The zero-order valence-corrected chi connectivity index (χ0v) is 18.7. The van der Waals surface area contributed by atoms with Crippen LogP contribution in [-0.4, -0.2) is 69.7 Å². The number of halogens is 3. The van der Waals surface area contributed by atoms with Crippen LogP contribution in [0.15, 0.2) is 23.1 Å². The SMILES string of the molecule is COc1ccc(C(=O)OCC(=O)NC(=O)NCC(F)(F)F)cc1S(=O)(=O)N1CCCCC1C. The summed E-state index contributed by atoms with van der Waals surface area (Å²) in [6.45, 7) is -0.525. The van der Waals surface area contributed by atoms with Crippen molar-refractivity contribution in [2.24, 2.45) is 0 Å². The number of hydrogen-bond acceptors (Lipinski definition) is 7. The van der Waals surface area contributed by atoms with Crippen LogP contribution in [0.4, 0.5) is 18.0 Å². The molecule has 0 aliphatic carbocycles. The van der Waals surface area contributed by atoms with Crippen molar-refractivity contribution in [2.75, 3.05) is 26.8 Å². The maximum Gasteiger partial charge on any atom is 0.405 e. The second-order valence-electron chi connectivity index (χ2n) is 7.25. The van der Waals surface area contributed by atoms with Crippen LogP contribution in [0.5, 0.6) is 5.75 Å². The van der Waals surface area contributed by atoms with Crippen LogP contribution in [0.1, 0.15) is 36.5 Å². The van der Waals surface area contributed by atoms with Crippen LogP contribution in [0.3, 0.4) is 0 Å². The van der Waals surface area contributed by atoms with Crippen LogP contribution >= 0.6 is 0 Å². The highest BCUT2D eigenvalue weighted by Gasteiger charge is 2.34. The van der Waals surface area contributed by atoms with Gasteiger partial charge in [-0.3, -0.25) is 10.1 Å². The summed E-state index contributed by atoms with van der Waals surface area (Å²) in [6.07, 6.45) is -2.38. The summed E-state index contributed by atoms with van der Waals surface area (Å²) in [6, 6.07) is 1.90. The van der Waals surface area contributed by atoms with Gasteiger partial charge in [0.15, 0.2) is 6.61 Å². The number of carbonyl (C=O) groups excluding carboxylic acids is 3. The summed E-state index contributed by atoms with van der Waals surface area (Å²) in [5, 5.41) is 2.99. The molecule has 2 N–H and O–H groups in total. The first kappa shape index (κ1) is 26.4. The summed E-state index contributed by atoms with van der Waals surface area (Å²) in [7, 11) is -2.72. The Morgan fingerprint density at radius 3 is 2.52 bits per heavy atom. The highest BCUT2D eigenvalue weighted by atomic mass is 32.2. The van der Waals surface area contributed by atoms with Gasteiger partial charge in [0.25, 0.3) is 5.91 Å². The molecule has 0 spiro atoms. The largest absolute Gasteiger partial charge is 0.495 e. The molecule has 1 heterocycles. The molecule has 184 valence electrons. The topological polar surface area (TPSA) is 131 Å². The number of esters is 1. The molecule has 0 radical (unpaired) electrons. The third kappa shape index (κ3) is 7.32. The molecule has 2 rings (SSSR count). The van der Waals surface area contributed by atoms with Crippen molar-refractivity contribution in [3.63, 3.8) is 0 Å². The number of methoxy groups -OCH3 is 1.